The number of halogens is 2. The molecule has 0 radical (unpaired) electrons. The van der Waals surface area contributed by atoms with Crippen molar-refractivity contribution < 1.29 is 18.7 Å². The van der Waals surface area contributed by atoms with Gasteiger partial charge in [0.15, 0.2) is 0 Å². The molecule has 114 valence electrons. The van der Waals surface area contributed by atoms with Gasteiger partial charge in [0.05, 0.1) is 5.69 Å². The molecule has 0 saturated heterocycles. The van der Waals surface area contributed by atoms with Crippen molar-refractivity contribution in [3.05, 3.63) is 59.2 Å². The molecule has 2 aromatic carbocycles. The highest BCUT2D eigenvalue weighted by Gasteiger charge is 2.21. The first kappa shape index (κ1) is 14.3. The predicted octanol–water partition coefficient (Wildman–Crippen LogP) is 3.26. The van der Waals surface area contributed by atoms with Crippen LogP contribution in [-0.2, 0) is 13.0 Å². The zero-order chi connectivity index (χ0) is 15.7. The summed E-state index contributed by atoms with van der Waals surface area (Å²) in [6, 6.07) is 7.44. The zero-order valence-electron chi connectivity index (χ0n) is 11.6. The molecule has 1 aliphatic heterocycles. The Balaban J connectivity index is 1.75. The Bertz CT molecular complexity index is 734. The molecule has 0 aliphatic carbocycles. The average Bonchev–Trinajstić information content (AvgIpc) is 2.50. The SMILES string of the molecule is O=C(Nc1cc(F)ccc1F)N1CCc2ccc(O)cc2C1. The Morgan fingerprint density at radius 3 is 2.77 bits per heavy atom. The Labute approximate surface area is 126 Å². The molecule has 6 heteroatoms. The monoisotopic (exact) mass is 304 g/mol. The highest BCUT2D eigenvalue weighted by molar-refractivity contribution is 5.89. The van der Waals surface area contributed by atoms with Gasteiger partial charge in [0.25, 0.3) is 0 Å². The molecule has 0 spiro atoms. The van der Waals surface area contributed by atoms with E-state index in [-0.39, 0.29) is 11.4 Å². The minimum absolute atomic E-state index is 0.136. The number of rotatable bonds is 1. The van der Waals surface area contributed by atoms with E-state index in [4.69, 9.17) is 0 Å². The number of carbonyl (C=O) groups excluding carboxylic acids is 1. The fourth-order valence-corrected chi connectivity index (χ4v) is 2.50. The highest BCUT2D eigenvalue weighted by Crippen LogP contribution is 2.24. The molecule has 22 heavy (non-hydrogen) atoms. The standard InChI is InChI=1S/C16H14F2N2O2/c17-12-2-4-14(18)15(8-12)19-16(22)20-6-5-10-1-3-13(21)7-11(10)9-20/h1-4,7-8,21H,5-6,9H2,(H,19,22). The van der Waals surface area contributed by atoms with Crippen LogP contribution in [0.25, 0.3) is 0 Å². The van der Waals surface area contributed by atoms with Gasteiger partial charge in [0.1, 0.15) is 17.4 Å². The Morgan fingerprint density at radius 1 is 1.14 bits per heavy atom. The zero-order valence-corrected chi connectivity index (χ0v) is 11.6. The predicted molar refractivity (Wildman–Crippen MR) is 77.6 cm³/mol. The van der Waals surface area contributed by atoms with Crippen molar-refractivity contribution in [2.24, 2.45) is 0 Å². The molecule has 0 saturated carbocycles. The van der Waals surface area contributed by atoms with E-state index in [2.05, 4.69) is 5.32 Å². The van der Waals surface area contributed by atoms with Crippen LogP contribution in [0.3, 0.4) is 0 Å². The van der Waals surface area contributed by atoms with Crippen LogP contribution < -0.4 is 5.32 Å². The second-order valence-electron chi connectivity index (χ2n) is 5.18. The summed E-state index contributed by atoms with van der Waals surface area (Å²) in [4.78, 5) is 13.7. The molecule has 0 atom stereocenters. The normalized spacial score (nSPS) is 13.6. The summed E-state index contributed by atoms with van der Waals surface area (Å²) < 4.78 is 26.7. The number of hydrogen-bond acceptors (Lipinski definition) is 2. The number of fused-ring (bicyclic) bond motifs is 1. The minimum atomic E-state index is -0.690. The highest BCUT2D eigenvalue weighted by atomic mass is 19.1. The molecular weight excluding hydrogens is 290 g/mol. The Hall–Kier alpha value is -2.63. The second kappa shape index (κ2) is 5.63. The number of phenolic OH excluding ortho intramolecular Hbond substituents is 1. The van der Waals surface area contributed by atoms with Crippen molar-refractivity contribution in [1.29, 1.82) is 0 Å². The number of nitrogens with one attached hydrogen (secondary N) is 1. The van der Waals surface area contributed by atoms with Crippen LogP contribution in [0, 0.1) is 11.6 Å². The summed E-state index contributed by atoms with van der Waals surface area (Å²) in [5.41, 5.74) is 1.73. The lowest BCUT2D eigenvalue weighted by molar-refractivity contribution is 0.206. The quantitative estimate of drug-likeness (QED) is 0.849. The van der Waals surface area contributed by atoms with Crippen LogP contribution in [0.5, 0.6) is 5.75 Å². The van der Waals surface area contributed by atoms with Gasteiger partial charge in [-0.05, 0) is 41.8 Å². The number of nitrogens with zero attached hydrogens (tertiary/aromatic N) is 1. The topological polar surface area (TPSA) is 52.6 Å². The molecule has 0 fully saturated rings. The van der Waals surface area contributed by atoms with E-state index in [0.717, 1.165) is 29.3 Å². The van der Waals surface area contributed by atoms with Gasteiger partial charge < -0.3 is 15.3 Å². The van der Waals surface area contributed by atoms with Crippen LogP contribution >= 0.6 is 0 Å². The average molecular weight is 304 g/mol. The van der Waals surface area contributed by atoms with Gasteiger partial charge in [-0.3, -0.25) is 0 Å². The number of urea groups is 1. The third-order valence-electron chi connectivity index (χ3n) is 3.66. The van der Waals surface area contributed by atoms with Crippen LogP contribution in [-0.4, -0.2) is 22.6 Å². The molecule has 1 heterocycles. The number of amides is 2. The van der Waals surface area contributed by atoms with E-state index >= 15 is 0 Å². The summed E-state index contributed by atoms with van der Waals surface area (Å²) in [5, 5.41) is 11.9. The number of benzene rings is 2. The smallest absolute Gasteiger partial charge is 0.322 e. The summed E-state index contributed by atoms with van der Waals surface area (Å²) in [6.07, 6.45) is 0.647. The van der Waals surface area contributed by atoms with Gasteiger partial charge in [-0.2, -0.15) is 0 Å². The van der Waals surface area contributed by atoms with Gasteiger partial charge in [0, 0.05) is 19.2 Å². The van der Waals surface area contributed by atoms with E-state index < -0.39 is 17.7 Å². The first-order valence-corrected chi connectivity index (χ1v) is 6.84. The van der Waals surface area contributed by atoms with Crippen LogP contribution in [0.1, 0.15) is 11.1 Å². The summed E-state index contributed by atoms with van der Waals surface area (Å²) in [6.45, 7) is 0.785. The molecule has 4 nitrogen and oxygen atoms in total. The van der Waals surface area contributed by atoms with E-state index in [1.54, 1.807) is 12.1 Å². The van der Waals surface area contributed by atoms with Gasteiger partial charge in [-0.25, -0.2) is 13.6 Å². The molecule has 1 aliphatic rings. The van der Waals surface area contributed by atoms with Gasteiger partial charge in [-0.1, -0.05) is 6.07 Å². The summed E-state index contributed by atoms with van der Waals surface area (Å²) >= 11 is 0. The van der Waals surface area contributed by atoms with Crippen molar-refractivity contribution in [3.63, 3.8) is 0 Å². The summed E-state index contributed by atoms with van der Waals surface area (Å²) in [7, 11) is 0. The van der Waals surface area contributed by atoms with Crippen LogP contribution in [0.15, 0.2) is 36.4 Å². The second-order valence-corrected chi connectivity index (χ2v) is 5.18. The van der Waals surface area contributed by atoms with E-state index in [9.17, 15) is 18.7 Å². The first-order chi connectivity index (χ1) is 10.5. The Morgan fingerprint density at radius 2 is 1.95 bits per heavy atom. The third kappa shape index (κ3) is 2.86. The third-order valence-corrected chi connectivity index (χ3v) is 3.66. The van der Waals surface area contributed by atoms with Crippen molar-refractivity contribution in [3.8, 4) is 5.75 Å². The molecular formula is C16H14F2N2O2. The van der Waals surface area contributed by atoms with Crippen molar-refractivity contribution >= 4 is 11.7 Å². The molecule has 2 N–H and O–H groups in total. The molecule has 0 bridgehead atoms. The number of anilines is 1. The fourth-order valence-electron chi connectivity index (χ4n) is 2.50. The molecule has 3 rings (SSSR count). The largest absolute Gasteiger partial charge is 0.508 e. The van der Waals surface area contributed by atoms with Crippen LogP contribution in [0.4, 0.5) is 19.3 Å². The van der Waals surface area contributed by atoms with Crippen molar-refractivity contribution in [1.82, 2.24) is 4.90 Å². The van der Waals surface area contributed by atoms with Gasteiger partial charge >= 0.3 is 6.03 Å². The molecule has 0 unspecified atom stereocenters. The minimum Gasteiger partial charge on any atom is -0.508 e. The lowest BCUT2D eigenvalue weighted by Crippen LogP contribution is -2.39. The fraction of sp³-hybridized carbons (Fsp3) is 0.188. The maximum Gasteiger partial charge on any atom is 0.322 e. The molecule has 2 aromatic rings. The maximum atomic E-state index is 13.6. The van der Waals surface area contributed by atoms with Gasteiger partial charge in [0.2, 0.25) is 0 Å². The van der Waals surface area contributed by atoms with Crippen LogP contribution in [0.2, 0.25) is 0 Å². The Kier molecular flexibility index (Phi) is 3.66. The van der Waals surface area contributed by atoms with Crippen molar-refractivity contribution in [2.75, 3.05) is 11.9 Å². The number of aromatic hydroxyl groups is 1. The van der Waals surface area contributed by atoms with E-state index in [0.29, 0.717) is 19.5 Å². The summed E-state index contributed by atoms with van der Waals surface area (Å²) in [5.74, 6) is -1.17. The lowest BCUT2D eigenvalue weighted by Gasteiger charge is -2.29. The lowest BCUT2D eigenvalue weighted by atomic mass is 10.00. The number of phenols is 1. The number of carbonyl (C=O) groups is 1. The van der Waals surface area contributed by atoms with E-state index in [1.807, 2.05) is 6.07 Å². The maximum absolute atomic E-state index is 13.6. The van der Waals surface area contributed by atoms with Gasteiger partial charge in [-0.15, -0.1) is 0 Å². The molecule has 0 aromatic heterocycles. The van der Waals surface area contributed by atoms with Crippen molar-refractivity contribution in [2.45, 2.75) is 13.0 Å². The first-order valence-electron chi connectivity index (χ1n) is 6.84. The number of hydrogen-bond donors (Lipinski definition) is 2. The van der Waals surface area contributed by atoms with E-state index in [1.165, 1.54) is 4.90 Å². The molecule has 2 amide bonds.